The Morgan fingerprint density at radius 3 is 1.69 bits per heavy atom. The third kappa shape index (κ3) is 17.1. The van der Waals surface area contributed by atoms with Crippen LogP contribution in [0.25, 0.3) is 5.69 Å². The molecule has 0 saturated heterocycles. The van der Waals surface area contributed by atoms with Gasteiger partial charge in [0.15, 0.2) is 11.5 Å². The van der Waals surface area contributed by atoms with E-state index in [1.54, 1.807) is 54.6 Å². The molecule has 308 valence electrons. The maximum atomic E-state index is 13.6. The number of hydrogen-bond donors (Lipinski definition) is 4. The molecule has 14 nitrogen and oxygen atoms in total. The minimum atomic E-state index is -4.99. The van der Waals surface area contributed by atoms with E-state index in [0.29, 0.717) is 41.9 Å². The van der Waals surface area contributed by atoms with Crippen molar-refractivity contribution in [2.75, 3.05) is 11.9 Å². The fourth-order valence-corrected chi connectivity index (χ4v) is 7.33. The Bertz CT molecular complexity index is 2130. The number of rotatable bonds is 25. The summed E-state index contributed by atoms with van der Waals surface area (Å²) in [6, 6.07) is 17.2. The van der Waals surface area contributed by atoms with Gasteiger partial charge < -0.3 is 10.1 Å². The van der Waals surface area contributed by atoms with Crippen LogP contribution in [0.2, 0.25) is 0 Å². The normalized spacial score (nSPS) is 11.6. The molecule has 0 spiro atoms. The zero-order valence-electron chi connectivity index (χ0n) is 31.9. The summed E-state index contributed by atoms with van der Waals surface area (Å²) in [5, 5.41) is 13.6. The van der Waals surface area contributed by atoms with Crippen LogP contribution in [0.3, 0.4) is 0 Å². The predicted molar refractivity (Wildman–Crippen MR) is 230 cm³/mol. The molecule has 0 saturated carbocycles. The summed E-state index contributed by atoms with van der Waals surface area (Å²) in [5.41, 5.74) is -0.898. The fourth-order valence-electron chi connectivity index (χ4n) is 6.15. The second-order valence-electron chi connectivity index (χ2n) is 13.7. The molecular formula is C40H55N5Na2O9S2. The summed E-state index contributed by atoms with van der Waals surface area (Å²) in [6.45, 7) is 2.72. The van der Waals surface area contributed by atoms with Crippen LogP contribution in [0.4, 0.5) is 17.2 Å². The molecule has 4 rings (SSSR count). The molecule has 58 heavy (non-hydrogen) atoms. The summed E-state index contributed by atoms with van der Waals surface area (Å²) >= 11 is 0. The van der Waals surface area contributed by atoms with Gasteiger partial charge in [-0.2, -0.15) is 16.8 Å². The molecule has 4 aromatic rings. The molecule has 4 N–H and O–H groups in total. The average molecular weight is 860 g/mol. The van der Waals surface area contributed by atoms with Crippen LogP contribution in [0, 0.1) is 0 Å². The van der Waals surface area contributed by atoms with Crippen molar-refractivity contribution < 1.29 is 35.5 Å². The minimum absolute atomic E-state index is 0. The van der Waals surface area contributed by atoms with Crippen molar-refractivity contribution in [2.45, 2.75) is 119 Å². The standard InChI is InChI=1S/C40H53N5O9S2.2Na.2H/c1-2-3-4-5-6-7-8-9-10-11-12-13-14-15-16-22-27-54-36-26-21-20-25-35(36)42-43-37-38(44-45(40(37)47)32-23-18-17-19-24-32)41-39(46)31-28-33(55(48,49)50)30-34(29-31)56(51,52)53;;;;/h17-21,23-26,28-30,44H,2-16,22,27H2,1H3,(H,41,46)(H,48,49,50)(H,51,52,53);;;;/b43-42+;;;;. The third-order valence-corrected chi connectivity index (χ3v) is 10.9. The molecule has 0 fully saturated rings. The number of carbonyl (C=O) groups is 1. The number of aromatic nitrogens is 2. The van der Waals surface area contributed by atoms with Crippen LogP contribution in [-0.2, 0) is 20.2 Å². The zero-order chi connectivity index (χ0) is 40.4. The van der Waals surface area contributed by atoms with Crippen LogP contribution in [-0.4, -0.2) is 107 Å². The average Bonchev–Trinajstić information content (AvgIpc) is 3.48. The number of para-hydroxylation sites is 2. The van der Waals surface area contributed by atoms with Gasteiger partial charge in [-0.1, -0.05) is 134 Å². The Kier molecular flexibility index (Phi) is 23.6. The summed E-state index contributed by atoms with van der Waals surface area (Å²) < 4.78 is 73.5. The number of aromatic amines is 1. The van der Waals surface area contributed by atoms with E-state index in [0.717, 1.165) is 23.9 Å². The van der Waals surface area contributed by atoms with Gasteiger partial charge in [0.05, 0.1) is 22.1 Å². The van der Waals surface area contributed by atoms with E-state index in [1.807, 2.05) is 0 Å². The molecule has 1 aromatic heterocycles. The number of nitrogens with one attached hydrogen (secondary N) is 2. The maximum absolute atomic E-state index is 13.6. The summed E-state index contributed by atoms with van der Waals surface area (Å²) in [6.07, 6.45) is 20.3. The first-order valence-electron chi connectivity index (χ1n) is 19.3. The summed E-state index contributed by atoms with van der Waals surface area (Å²) in [4.78, 5) is 25.1. The van der Waals surface area contributed by atoms with Crippen molar-refractivity contribution in [3.63, 3.8) is 0 Å². The summed E-state index contributed by atoms with van der Waals surface area (Å²) in [7, 11) is -9.98. The molecule has 0 aliphatic carbocycles. The van der Waals surface area contributed by atoms with Gasteiger partial charge in [-0.25, -0.2) is 4.68 Å². The van der Waals surface area contributed by atoms with E-state index in [-0.39, 0.29) is 70.6 Å². The second-order valence-corrected chi connectivity index (χ2v) is 16.6. The van der Waals surface area contributed by atoms with Gasteiger partial charge in [-0.15, -0.1) is 10.2 Å². The number of amides is 1. The van der Waals surface area contributed by atoms with Crippen molar-refractivity contribution in [3.8, 4) is 11.4 Å². The number of unbranched alkanes of at least 4 members (excludes halogenated alkanes) is 15. The molecule has 1 heterocycles. The molecule has 18 heteroatoms. The Labute approximate surface area is 386 Å². The first-order valence-corrected chi connectivity index (χ1v) is 22.2. The van der Waals surface area contributed by atoms with Crippen LogP contribution in [0.15, 0.2) is 97.6 Å². The van der Waals surface area contributed by atoms with Crippen LogP contribution >= 0.6 is 0 Å². The fraction of sp³-hybridized carbons (Fsp3) is 0.450. The van der Waals surface area contributed by atoms with E-state index < -0.39 is 47.1 Å². The molecular weight excluding hydrogens is 805 g/mol. The quantitative estimate of drug-likeness (QED) is 0.0217. The number of H-pyrrole nitrogens is 1. The summed E-state index contributed by atoms with van der Waals surface area (Å²) in [5.74, 6) is -0.910. The van der Waals surface area contributed by atoms with E-state index in [2.05, 4.69) is 27.6 Å². The predicted octanol–water partition coefficient (Wildman–Crippen LogP) is 8.67. The molecule has 0 aliphatic rings. The molecule has 0 atom stereocenters. The molecule has 0 bridgehead atoms. The SMILES string of the molecule is CCCCCCCCCCCCCCCCCCOc1ccccc1/N=N/c1c(NC(=O)c2cc(S(=O)(=O)O)cc(S(=O)(=O)O)c2)[nH]n(-c2ccccc2)c1=O.[NaH].[NaH]. The van der Waals surface area contributed by atoms with Gasteiger partial charge in [-0.05, 0) is 48.9 Å². The van der Waals surface area contributed by atoms with E-state index in [1.165, 1.54) is 83.5 Å². The Hall–Kier alpha value is -2.64. The van der Waals surface area contributed by atoms with Crippen molar-refractivity contribution >= 4 is 102 Å². The van der Waals surface area contributed by atoms with Crippen LogP contribution < -0.4 is 15.6 Å². The van der Waals surface area contributed by atoms with Crippen molar-refractivity contribution in [3.05, 3.63) is 88.7 Å². The number of ether oxygens (including phenoxy) is 1. The topological polar surface area (TPSA) is 210 Å². The van der Waals surface area contributed by atoms with Crippen LogP contribution in [0.5, 0.6) is 5.75 Å². The molecule has 0 aliphatic heterocycles. The third-order valence-electron chi connectivity index (χ3n) is 9.24. The van der Waals surface area contributed by atoms with Crippen molar-refractivity contribution in [1.29, 1.82) is 0 Å². The zero-order valence-corrected chi connectivity index (χ0v) is 33.5. The second kappa shape index (κ2) is 26.5. The van der Waals surface area contributed by atoms with Gasteiger partial charge >= 0.3 is 64.7 Å². The van der Waals surface area contributed by atoms with Gasteiger partial charge in [-0.3, -0.25) is 23.8 Å². The monoisotopic (exact) mass is 859 g/mol. The number of anilines is 1. The van der Waals surface area contributed by atoms with Gasteiger partial charge in [0.25, 0.3) is 26.1 Å². The first-order chi connectivity index (χ1) is 26.9. The van der Waals surface area contributed by atoms with Crippen molar-refractivity contribution in [1.82, 2.24) is 9.78 Å². The molecule has 1 amide bonds. The number of azo groups is 1. The number of benzene rings is 3. The molecule has 0 radical (unpaired) electrons. The van der Waals surface area contributed by atoms with E-state index in [4.69, 9.17) is 4.74 Å². The first kappa shape index (κ1) is 51.5. The van der Waals surface area contributed by atoms with Gasteiger partial charge in [0, 0.05) is 5.56 Å². The van der Waals surface area contributed by atoms with Crippen molar-refractivity contribution in [2.24, 2.45) is 10.2 Å². The number of hydrogen-bond acceptors (Lipinski definition) is 9. The van der Waals surface area contributed by atoms with Gasteiger partial charge in [0.1, 0.15) is 11.4 Å². The number of carbonyl (C=O) groups excluding carboxylic acids is 1. The van der Waals surface area contributed by atoms with Crippen LogP contribution in [0.1, 0.15) is 120 Å². The number of nitrogens with zero attached hydrogens (tertiary/aromatic N) is 3. The molecule has 3 aromatic carbocycles. The molecule has 0 unspecified atom stereocenters. The van der Waals surface area contributed by atoms with Gasteiger partial charge in [0.2, 0.25) is 0 Å². The Morgan fingerprint density at radius 1 is 0.690 bits per heavy atom. The Morgan fingerprint density at radius 2 is 1.17 bits per heavy atom. The van der Waals surface area contributed by atoms with E-state index in [9.17, 15) is 35.5 Å². The van der Waals surface area contributed by atoms with E-state index >= 15 is 0 Å². The Balaban J connectivity index is 0.00000580.